The molecule has 1 rings (SSSR count). The minimum absolute atomic E-state index is 0.0249. The number of hydrogen-bond donors (Lipinski definition) is 3. The van der Waals surface area contributed by atoms with Crippen molar-refractivity contribution in [1.29, 1.82) is 0 Å². The molecule has 5 nitrogen and oxygen atoms in total. The number of benzene rings is 1. The first-order valence-corrected chi connectivity index (χ1v) is 7.57. The number of hydrogen-bond acceptors (Lipinski definition) is 4. The summed E-state index contributed by atoms with van der Waals surface area (Å²) in [5, 5.41) is 8.84. The summed E-state index contributed by atoms with van der Waals surface area (Å²) in [5.41, 5.74) is 6.84. The van der Waals surface area contributed by atoms with Crippen LogP contribution in [0, 0.1) is 0 Å². The molecule has 0 amide bonds. The lowest BCUT2D eigenvalue weighted by molar-refractivity contribution is 0.270. The van der Waals surface area contributed by atoms with Gasteiger partial charge in [-0.3, -0.25) is 0 Å². The van der Waals surface area contributed by atoms with Gasteiger partial charge in [0.25, 0.3) is 0 Å². The maximum Gasteiger partial charge on any atom is 0.216 e. The molecule has 0 aromatic heterocycles. The number of sulfonamides is 1. The van der Waals surface area contributed by atoms with Crippen molar-refractivity contribution in [2.75, 3.05) is 12.3 Å². The van der Waals surface area contributed by atoms with Crippen molar-refractivity contribution in [2.45, 2.75) is 31.6 Å². The minimum Gasteiger partial charge on any atom is -0.399 e. The van der Waals surface area contributed by atoms with Crippen LogP contribution >= 0.6 is 0 Å². The highest BCUT2D eigenvalue weighted by molar-refractivity contribution is 7.88. The van der Waals surface area contributed by atoms with E-state index in [1.54, 1.807) is 24.3 Å². The number of rotatable bonds is 7. The molecule has 0 bridgehead atoms. The molecule has 0 heterocycles. The second-order valence-electron chi connectivity index (χ2n) is 4.24. The Morgan fingerprint density at radius 2 is 1.94 bits per heavy atom. The van der Waals surface area contributed by atoms with Crippen LogP contribution in [0.15, 0.2) is 24.3 Å². The molecule has 0 fully saturated rings. The van der Waals surface area contributed by atoms with Gasteiger partial charge in [0.1, 0.15) is 0 Å². The molecule has 1 aromatic rings. The zero-order chi connectivity index (χ0) is 13.6. The molecule has 102 valence electrons. The summed E-state index contributed by atoms with van der Waals surface area (Å²) in [6.07, 6.45) is 1.08. The Kier molecular flexibility index (Phi) is 5.58. The summed E-state index contributed by atoms with van der Waals surface area (Å²) >= 11 is 0. The molecule has 4 N–H and O–H groups in total. The van der Waals surface area contributed by atoms with E-state index >= 15 is 0 Å². The SMILES string of the molecule is CCC(CCO)NS(=O)(=O)Cc1ccc(N)cc1. The third-order valence-electron chi connectivity index (χ3n) is 2.65. The smallest absolute Gasteiger partial charge is 0.216 e. The normalized spacial score (nSPS) is 13.4. The van der Waals surface area contributed by atoms with E-state index in [2.05, 4.69) is 4.72 Å². The van der Waals surface area contributed by atoms with Gasteiger partial charge in [0.15, 0.2) is 0 Å². The molecule has 18 heavy (non-hydrogen) atoms. The predicted molar refractivity (Wildman–Crippen MR) is 72.4 cm³/mol. The van der Waals surface area contributed by atoms with Crippen molar-refractivity contribution in [3.63, 3.8) is 0 Å². The number of nitrogens with one attached hydrogen (secondary N) is 1. The van der Waals surface area contributed by atoms with E-state index in [0.29, 0.717) is 24.1 Å². The van der Waals surface area contributed by atoms with Gasteiger partial charge in [0, 0.05) is 18.3 Å². The lowest BCUT2D eigenvalue weighted by Crippen LogP contribution is -2.35. The van der Waals surface area contributed by atoms with Crippen LogP contribution in [-0.4, -0.2) is 26.2 Å². The van der Waals surface area contributed by atoms with Crippen molar-refractivity contribution in [2.24, 2.45) is 0 Å². The van der Waals surface area contributed by atoms with Crippen LogP contribution < -0.4 is 10.5 Å². The van der Waals surface area contributed by atoms with Crippen LogP contribution in [-0.2, 0) is 15.8 Å². The highest BCUT2D eigenvalue weighted by atomic mass is 32.2. The molecule has 1 unspecified atom stereocenters. The average Bonchev–Trinajstić information content (AvgIpc) is 2.31. The molecule has 0 saturated carbocycles. The number of aliphatic hydroxyl groups is 1. The number of anilines is 1. The van der Waals surface area contributed by atoms with Crippen LogP contribution in [0.5, 0.6) is 0 Å². The number of nitrogen functional groups attached to an aromatic ring is 1. The van der Waals surface area contributed by atoms with Crippen LogP contribution in [0.25, 0.3) is 0 Å². The Morgan fingerprint density at radius 1 is 1.33 bits per heavy atom. The first kappa shape index (κ1) is 14.9. The minimum atomic E-state index is -3.38. The topological polar surface area (TPSA) is 92.4 Å². The largest absolute Gasteiger partial charge is 0.399 e. The average molecular weight is 272 g/mol. The maximum absolute atomic E-state index is 11.9. The fourth-order valence-electron chi connectivity index (χ4n) is 1.63. The zero-order valence-corrected chi connectivity index (χ0v) is 11.3. The molecule has 6 heteroatoms. The Bertz CT molecular complexity index is 457. The van der Waals surface area contributed by atoms with E-state index in [-0.39, 0.29) is 18.4 Å². The Labute approximate surface area is 108 Å². The number of aliphatic hydroxyl groups excluding tert-OH is 1. The van der Waals surface area contributed by atoms with Crippen LogP contribution in [0.1, 0.15) is 25.3 Å². The third kappa shape index (κ3) is 5.03. The second-order valence-corrected chi connectivity index (χ2v) is 5.99. The van der Waals surface area contributed by atoms with Crippen molar-refractivity contribution >= 4 is 15.7 Å². The van der Waals surface area contributed by atoms with Gasteiger partial charge >= 0.3 is 0 Å². The monoisotopic (exact) mass is 272 g/mol. The van der Waals surface area contributed by atoms with Crippen molar-refractivity contribution in [3.8, 4) is 0 Å². The van der Waals surface area contributed by atoms with E-state index in [0.717, 1.165) is 0 Å². The second kappa shape index (κ2) is 6.72. The van der Waals surface area contributed by atoms with Crippen LogP contribution in [0.3, 0.4) is 0 Å². The van der Waals surface area contributed by atoms with Gasteiger partial charge in [-0.2, -0.15) is 0 Å². The fraction of sp³-hybridized carbons (Fsp3) is 0.500. The van der Waals surface area contributed by atoms with Gasteiger partial charge in [-0.25, -0.2) is 13.1 Å². The summed E-state index contributed by atoms with van der Waals surface area (Å²) in [6.45, 7) is 1.86. The predicted octanol–water partition coefficient (Wildman–Crippen LogP) is 0.849. The van der Waals surface area contributed by atoms with Gasteiger partial charge in [0.2, 0.25) is 10.0 Å². The van der Waals surface area contributed by atoms with Gasteiger partial charge in [0.05, 0.1) is 5.75 Å². The Morgan fingerprint density at radius 3 is 2.44 bits per heavy atom. The van der Waals surface area contributed by atoms with E-state index in [9.17, 15) is 8.42 Å². The summed E-state index contributed by atoms with van der Waals surface area (Å²) in [7, 11) is -3.38. The summed E-state index contributed by atoms with van der Waals surface area (Å²) in [4.78, 5) is 0. The molecular weight excluding hydrogens is 252 g/mol. The summed E-state index contributed by atoms with van der Waals surface area (Å²) in [6, 6.07) is 6.53. The van der Waals surface area contributed by atoms with Crippen molar-refractivity contribution in [1.82, 2.24) is 4.72 Å². The van der Waals surface area contributed by atoms with Gasteiger partial charge in [-0.15, -0.1) is 0 Å². The molecule has 0 aliphatic carbocycles. The molecule has 1 atom stereocenters. The van der Waals surface area contributed by atoms with E-state index < -0.39 is 10.0 Å². The Balaban J connectivity index is 2.66. The van der Waals surface area contributed by atoms with Crippen LogP contribution in [0.4, 0.5) is 5.69 Å². The summed E-state index contributed by atoms with van der Waals surface area (Å²) < 4.78 is 26.4. The highest BCUT2D eigenvalue weighted by Gasteiger charge is 2.16. The van der Waals surface area contributed by atoms with E-state index in [1.807, 2.05) is 6.92 Å². The van der Waals surface area contributed by atoms with Crippen molar-refractivity contribution in [3.05, 3.63) is 29.8 Å². The highest BCUT2D eigenvalue weighted by Crippen LogP contribution is 2.10. The molecular formula is C12H20N2O3S. The molecule has 0 aliphatic rings. The standard InChI is InChI=1S/C12H20N2O3S/c1-2-12(7-8-15)14-18(16,17)9-10-3-5-11(13)6-4-10/h3-6,12,14-15H,2,7-9,13H2,1H3. The number of nitrogens with two attached hydrogens (primary N) is 1. The fourth-order valence-corrected chi connectivity index (χ4v) is 3.14. The quantitative estimate of drug-likeness (QED) is 0.642. The van der Waals surface area contributed by atoms with Gasteiger partial charge < -0.3 is 10.8 Å². The van der Waals surface area contributed by atoms with Gasteiger partial charge in [-0.1, -0.05) is 19.1 Å². The third-order valence-corrected chi connectivity index (χ3v) is 4.06. The first-order valence-electron chi connectivity index (χ1n) is 5.92. The lowest BCUT2D eigenvalue weighted by Gasteiger charge is -2.15. The zero-order valence-electron chi connectivity index (χ0n) is 10.5. The van der Waals surface area contributed by atoms with E-state index in [1.165, 1.54) is 0 Å². The summed E-state index contributed by atoms with van der Waals surface area (Å²) in [5.74, 6) is -0.0742. The van der Waals surface area contributed by atoms with E-state index in [4.69, 9.17) is 10.8 Å². The van der Waals surface area contributed by atoms with Crippen LogP contribution in [0.2, 0.25) is 0 Å². The van der Waals surface area contributed by atoms with Gasteiger partial charge in [-0.05, 0) is 30.5 Å². The molecule has 0 saturated heterocycles. The molecule has 0 radical (unpaired) electrons. The molecule has 1 aromatic carbocycles. The molecule has 0 spiro atoms. The Hall–Kier alpha value is -1.11. The maximum atomic E-state index is 11.9. The lowest BCUT2D eigenvalue weighted by atomic mass is 10.2. The first-order chi connectivity index (χ1) is 8.46. The van der Waals surface area contributed by atoms with Crippen molar-refractivity contribution < 1.29 is 13.5 Å². The molecule has 0 aliphatic heterocycles.